The van der Waals surface area contributed by atoms with Gasteiger partial charge in [0.15, 0.2) is 0 Å². The van der Waals surface area contributed by atoms with E-state index >= 15 is 0 Å². The molecule has 0 fully saturated rings. The van der Waals surface area contributed by atoms with Crippen LogP contribution in [0.5, 0.6) is 0 Å². The molecule has 0 amide bonds. The largest absolute Gasteiger partial charge is 0.392 e. The molecule has 1 nitrogen and oxygen atoms in total. The van der Waals surface area contributed by atoms with E-state index in [1.165, 1.54) is 16.7 Å². The zero-order valence-electron chi connectivity index (χ0n) is 11.7. The quantitative estimate of drug-likeness (QED) is 0.506. The maximum absolute atomic E-state index is 8.62. The summed E-state index contributed by atoms with van der Waals surface area (Å²) in [6, 6.07) is 0. The number of aliphatic hydroxyl groups excluding tert-OH is 1. The molecule has 0 aromatic heterocycles. The molecule has 0 unspecified atom stereocenters. The summed E-state index contributed by atoms with van der Waals surface area (Å²) in [6.07, 6.45) is 10.6. The van der Waals surface area contributed by atoms with Crippen molar-refractivity contribution in [1.82, 2.24) is 0 Å². The second-order valence-electron chi connectivity index (χ2n) is 4.72. The van der Waals surface area contributed by atoms with Crippen molar-refractivity contribution < 1.29 is 5.11 Å². The van der Waals surface area contributed by atoms with Gasteiger partial charge in [-0.1, -0.05) is 23.3 Å². The number of hydrogen-bond acceptors (Lipinski definition) is 1. The molecule has 1 heteroatoms. The van der Waals surface area contributed by atoms with E-state index in [-0.39, 0.29) is 6.61 Å². The van der Waals surface area contributed by atoms with E-state index in [1.54, 1.807) is 6.08 Å². The Morgan fingerprint density at radius 1 is 1.00 bits per heavy atom. The number of allylic oxidation sites excluding steroid dienone is 4. The standard InChI is InChI=1S/C16H26O/c1-14(2)8-5-9-15(3)10-6-11-16(4)12-7-13-17/h7-8,10,17H,5-6,9,11,13H2,1-4H3/b15-10+. The van der Waals surface area contributed by atoms with Gasteiger partial charge in [0.25, 0.3) is 0 Å². The van der Waals surface area contributed by atoms with Crippen molar-refractivity contribution in [2.45, 2.75) is 53.4 Å². The minimum atomic E-state index is 0.0783. The van der Waals surface area contributed by atoms with E-state index in [9.17, 15) is 0 Å². The molecule has 0 aliphatic carbocycles. The third-order valence-corrected chi connectivity index (χ3v) is 2.54. The molecule has 0 atom stereocenters. The number of aliphatic hydroxyl groups is 1. The molecule has 0 saturated heterocycles. The van der Waals surface area contributed by atoms with Crippen LogP contribution in [0.25, 0.3) is 0 Å². The molecule has 0 aliphatic heterocycles. The molecule has 0 radical (unpaired) electrons. The number of hydrogen-bond donors (Lipinski definition) is 1. The highest BCUT2D eigenvalue weighted by Crippen LogP contribution is 2.10. The molecule has 0 aromatic carbocycles. The first-order valence-electron chi connectivity index (χ1n) is 6.36. The summed E-state index contributed by atoms with van der Waals surface area (Å²) >= 11 is 0. The van der Waals surface area contributed by atoms with Crippen LogP contribution in [0.3, 0.4) is 0 Å². The van der Waals surface area contributed by atoms with Crippen molar-refractivity contribution in [2.75, 3.05) is 6.61 Å². The van der Waals surface area contributed by atoms with Crippen LogP contribution >= 0.6 is 0 Å². The Balaban J connectivity index is 3.92. The lowest BCUT2D eigenvalue weighted by Gasteiger charge is -1.99. The second-order valence-corrected chi connectivity index (χ2v) is 4.72. The van der Waals surface area contributed by atoms with E-state index < -0.39 is 0 Å². The second kappa shape index (κ2) is 10.1. The molecule has 0 aliphatic rings. The lowest BCUT2D eigenvalue weighted by Crippen LogP contribution is -1.80. The van der Waals surface area contributed by atoms with Gasteiger partial charge in [-0.3, -0.25) is 0 Å². The highest BCUT2D eigenvalue weighted by Gasteiger charge is 1.90. The third-order valence-electron chi connectivity index (χ3n) is 2.54. The monoisotopic (exact) mass is 234 g/mol. The van der Waals surface area contributed by atoms with Crippen LogP contribution in [0, 0.1) is 0 Å². The van der Waals surface area contributed by atoms with Crippen LogP contribution in [0.4, 0.5) is 0 Å². The highest BCUT2D eigenvalue weighted by atomic mass is 16.2. The first-order chi connectivity index (χ1) is 8.06. The Kier molecular flexibility index (Phi) is 9.52. The summed E-state index contributed by atoms with van der Waals surface area (Å²) in [5.41, 5.74) is 7.12. The minimum absolute atomic E-state index is 0.0783. The summed E-state index contributed by atoms with van der Waals surface area (Å²) < 4.78 is 0. The molecule has 0 rings (SSSR count). The number of rotatable bonds is 7. The normalized spacial score (nSPS) is 10.8. The molecule has 0 heterocycles. The van der Waals surface area contributed by atoms with Gasteiger partial charge in [0, 0.05) is 0 Å². The Labute approximate surface area is 106 Å². The van der Waals surface area contributed by atoms with Crippen LogP contribution in [0.1, 0.15) is 53.4 Å². The summed E-state index contributed by atoms with van der Waals surface area (Å²) in [4.78, 5) is 0. The minimum Gasteiger partial charge on any atom is -0.392 e. The Bertz CT molecular complexity index is 321. The van der Waals surface area contributed by atoms with Crippen molar-refractivity contribution in [3.8, 4) is 0 Å². The fraction of sp³-hybridized carbons (Fsp3) is 0.562. The Morgan fingerprint density at radius 2 is 1.65 bits per heavy atom. The molecular weight excluding hydrogens is 208 g/mol. The fourth-order valence-electron chi connectivity index (χ4n) is 1.52. The molecule has 0 aromatic rings. The van der Waals surface area contributed by atoms with Crippen molar-refractivity contribution in [3.05, 3.63) is 40.7 Å². The van der Waals surface area contributed by atoms with Crippen LogP contribution in [-0.4, -0.2) is 11.7 Å². The van der Waals surface area contributed by atoms with E-state index in [0.717, 1.165) is 25.7 Å². The van der Waals surface area contributed by atoms with E-state index in [1.807, 2.05) is 0 Å². The van der Waals surface area contributed by atoms with Gasteiger partial charge in [-0.15, -0.1) is 5.73 Å². The summed E-state index contributed by atoms with van der Waals surface area (Å²) in [6.45, 7) is 8.61. The van der Waals surface area contributed by atoms with Crippen molar-refractivity contribution in [1.29, 1.82) is 0 Å². The summed E-state index contributed by atoms with van der Waals surface area (Å²) in [7, 11) is 0. The average Bonchev–Trinajstić information content (AvgIpc) is 2.25. The maximum atomic E-state index is 8.62. The molecule has 0 bridgehead atoms. The molecule has 0 saturated carbocycles. The zero-order valence-corrected chi connectivity index (χ0v) is 11.7. The van der Waals surface area contributed by atoms with E-state index in [2.05, 4.69) is 45.6 Å². The van der Waals surface area contributed by atoms with Gasteiger partial charge in [0.1, 0.15) is 0 Å². The molecular formula is C16H26O. The molecule has 96 valence electrons. The zero-order chi connectivity index (χ0) is 13.1. The third kappa shape index (κ3) is 11.2. The Morgan fingerprint density at radius 3 is 2.24 bits per heavy atom. The highest BCUT2D eigenvalue weighted by molar-refractivity contribution is 5.05. The first kappa shape index (κ1) is 16.0. The maximum Gasteiger partial charge on any atom is 0.0686 e. The Hall–Kier alpha value is -1.04. The van der Waals surface area contributed by atoms with Crippen molar-refractivity contribution in [2.24, 2.45) is 0 Å². The molecule has 1 N–H and O–H groups in total. The smallest absolute Gasteiger partial charge is 0.0686 e. The predicted octanol–water partition coefficient (Wildman–Crippen LogP) is 4.55. The summed E-state index contributed by atoms with van der Waals surface area (Å²) in [5.74, 6) is 0. The van der Waals surface area contributed by atoms with E-state index in [0.29, 0.717) is 0 Å². The lowest BCUT2D eigenvalue weighted by molar-refractivity contribution is 0.343. The molecule has 17 heavy (non-hydrogen) atoms. The first-order valence-corrected chi connectivity index (χ1v) is 6.36. The van der Waals surface area contributed by atoms with Gasteiger partial charge >= 0.3 is 0 Å². The van der Waals surface area contributed by atoms with Crippen LogP contribution in [0.15, 0.2) is 40.7 Å². The van der Waals surface area contributed by atoms with Crippen LogP contribution in [-0.2, 0) is 0 Å². The van der Waals surface area contributed by atoms with Gasteiger partial charge in [-0.25, -0.2) is 0 Å². The van der Waals surface area contributed by atoms with E-state index in [4.69, 9.17) is 5.11 Å². The predicted molar refractivity (Wildman–Crippen MR) is 76.0 cm³/mol. The van der Waals surface area contributed by atoms with Crippen LogP contribution in [0.2, 0.25) is 0 Å². The van der Waals surface area contributed by atoms with Gasteiger partial charge in [-0.2, -0.15) is 0 Å². The van der Waals surface area contributed by atoms with Gasteiger partial charge < -0.3 is 5.11 Å². The SMILES string of the molecule is CC(=C=CCO)CC/C=C(\C)CCC=C(C)C. The van der Waals surface area contributed by atoms with Gasteiger partial charge in [0.05, 0.1) is 6.61 Å². The summed E-state index contributed by atoms with van der Waals surface area (Å²) in [5, 5.41) is 8.62. The lowest BCUT2D eigenvalue weighted by atomic mass is 10.1. The molecule has 0 spiro atoms. The van der Waals surface area contributed by atoms with Crippen LogP contribution < -0.4 is 0 Å². The van der Waals surface area contributed by atoms with Crippen molar-refractivity contribution in [3.63, 3.8) is 0 Å². The van der Waals surface area contributed by atoms with Gasteiger partial charge in [-0.05, 0) is 65.0 Å². The van der Waals surface area contributed by atoms with Crippen molar-refractivity contribution >= 4 is 0 Å². The fourth-order valence-corrected chi connectivity index (χ4v) is 1.52. The average molecular weight is 234 g/mol. The topological polar surface area (TPSA) is 20.2 Å². The van der Waals surface area contributed by atoms with Gasteiger partial charge in [0.2, 0.25) is 0 Å².